The van der Waals surface area contributed by atoms with Crippen LogP contribution in [0.4, 0.5) is 5.69 Å². The summed E-state index contributed by atoms with van der Waals surface area (Å²) in [6, 6.07) is 7.58. The third kappa shape index (κ3) is 5.64. The molecule has 1 aromatic carbocycles. The Hall–Kier alpha value is -1.88. The number of nitrogens with one attached hydrogen (secondary N) is 3. The lowest BCUT2D eigenvalue weighted by molar-refractivity contribution is -0.121. The van der Waals surface area contributed by atoms with Crippen molar-refractivity contribution in [1.82, 2.24) is 10.6 Å². The van der Waals surface area contributed by atoms with Gasteiger partial charge in [-0.2, -0.15) is 0 Å². The SMILES string of the molecule is CC(=O)Nc1ccc(CC(=O)NC2CC(C)(C)NC(C)(C)C2)cc1. The monoisotopic (exact) mass is 331 g/mol. The van der Waals surface area contributed by atoms with Crippen molar-refractivity contribution in [2.75, 3.05) is 5.32 Å². The van der Waals surface area contributed by atoms with Gasteiger partial charge in [0.05, 0.1) is 6.42 Å². The van der Waals surface area contributed by atoms with Crippen LogP contribution in [0, 0.1) is 0 Å². The maximum atomic E-state index is 12.4. The highest BCUT2D eigenvalue weighted by molar-refractivity contribution is 5.88. The largest absolute Gasteiger partial charge is 0.353 e. The van der Waals surface area contributed by atoms with Crippen LogP contribution in [0.5, 0.6) is 0 Å². The molecule has 1 aliphatic heterocycles. The van der Waals surface area contributed by atoms with Crippen LogP contribution in [0.1, 0.15) is 53.0 Å². The minimum atomic E-state index is -0.100. The van der Waals surface area contributed by atoms with Gasteiger partial charge < -0.3 is 16.0 Å². The Morgan fingerprint density at radius 1 is 1.08 bits per heavy atom. The van der Waals surface area contributed by atoms with Crippen LogP contribution >= 0.6 is 0 Å². The van der Waals surface area contributed by atoms with E-state index in [-0.39, 0.29) is 28.9 Å². The van der Waals surface area contributed by atoms with Crippen LogP contribution in [0.25, 0.3) is 0 Å². The molecule has 132 valence electrons. The summed E-state index contributed by atoms with van der Waals surface area (Å²) >= 11 is 0. The number of anilines is 1. The second-order valence-corrected chi connectivity index (χ2v) is 8.12. The summed E-state index contributed by atoms with van der Waals surface area (Å²) in [6.45, 7) is 10.2. The van der Waals surface area contributed by atoms with Gasteiger partial charge in [0, 0.05) is 29.7 Å². The molecule has 0 spiro atoms. The summed E-state index contributed by atoms with van der Waals surface area (Å²) in [5.41, 5.74) is 1.71. The highest BCUT2D eigenvalue weighted by atomic mass is 16.2. The molecule has 1 heterocycles. The Kier molecular flexibility index (Phi) is 5.33. The molecule has 5 nitrogen and oxygen atoms in total. The number of benzene rings is 1. The standard InChI is InChI=1S/C19H29N3O2/c1-13(23)20-15-8-6-14(7-9-15)10-17(24)21-16-11-18(2,3)22-19(4,5)12-16/h6-9,16,22H,10-12H2,1-5H3,(H,20,23)(H,21,24). The van der Waals surface area contributed by atoms with Gasteiger partial charge in [-0.3, -0.25) is 9.59 Å². The van der Waals surface area contributed by atoms with Crippen LogP contribution < -0.4 is 16.0 Å². The van der Waals surface area contributed by atoms with Gasteiger partial charge in [-0.05, 0) is 58.2 Å². The Bertz CT molecular complexity index is 590. The maximum absolute atomic E-state index is 12.4. The van der Waals surface area contributed by atoms with Crippen molar-refractivity contribution in [1.29, 1.82) is 0 Å². The van der Waals surface area contributed by atoms with Crippen molar-refractivity contribution in [3.63, 3.8) is 0 Å². The van der Waals surface area contributed by atoms with Gasteiger partial charge in [-0.25, -0.2) is 0 Å². The molecule has 5 heteroatoms. The Morgan fingerprint density at radius 2 is 1.62 bits per heavy atom. The van der Waals surface area contributed by atoms with Gasteiger partial charge in [0.1, 0.15) is 0 Å². The van der Waals surface area contributed by atoms with E-state index < -0.39 is 0 Å². The molecule has 1 saturated heterocycles. The fourth-order valence-electron chi connectivity index (χ4n) is 3.80. The topological polar surface area (TPSA) is 70.2 Å². The number of carbonyl (C=O) groups is 2. The lowest BCUT2D eigenvalue weighted by atomic mass is 9.79. The second-order valence-electron chi connectivity index (χ2n) is 8.12. The number of hydrogen-bond acceptors (Lipinski definition) is 3. The van der Waals surface area contributed by atoms with Crippen LogP contribution in [-0.2, 0) is 16.0 Å². The van der Waals surface area contributed by atoms with E-state index in [1.165, 1.54) is 6.92 Å². The number of amides is 2. The average Bonchev–Trinajstić information content (AvgIpc) is 2.36. The number of piperidine rings is 1. The molecule has 1 aromatic rings. The summed E-state index contributed by atoms with van der Waals surface area (Å²) in [5.74, 6) is -0.0580. The van der Waals surface area contributed by atoms with Crippen molar-refractivity contribution in [2.45, 2.75) is 71.0 Å². The van der Waals surface area contributed by atoms with Crippen molar-refractivity contribution in [3.05, 3.63) is 29.8 Å². The van der Waals surface area contributed by atoms with E-state index in [4.69, 9.17) is 0 Å². The Labute approximate surface area is 144 Å². The molecule has 2 rings (SSSR count). The molecule has 1 fully saturated rings. The number of rotatable bonds is 4. The average molecular weight is 331 g/mol. The predicted octanol–water partition coefficient (Wildman–Crippen LogP) is 2.61. The van der Waals surface area contributed by atoms with E-state index >= 15 is 0 Å². The van der Waals surface area contributed by atoms with E-state index in [0.29, 0.717) is 6.42 Å². The fourth-order valence-corrected chi connectivity index (χ4v) is 3.80. The van der Waals surface area contributed by atoms with Crippen LogP contribution in [0.15, 0.2) is 24.3 Å². The first kappa shape index (κ1) is 18.5. The maximum Gasteiger partial charge on any atom is 0.224 e. The molecule has 0 unspecified atom stereocenters. The van der Waals surface area contributed by atoms with E-state index in [1.807, 2.05) is 24.3 Å². The zero-order valence-electron chi connectivity index (χ0n) is 15.3. The zero-order chi connectivity index (χ0) is 18.0. The summed E-state index contributed by atoms with van der Waals surface area (Å²) in [5, 5.41) is 9.52. The van der Waals surface area contributed by atoms with E-state index in [2.05, 4.69) is 43.6 Å². The molecule has 3 N–H and O–H groups in total. The minimum Gasteiger partial charge on any atom is -0.353 e. The highest BCUT2D eigenvalue weighted by Gasteiger charge is 2.38. The first-order chi connectivity index (χ1) is 11.0. The molecule has 24 heavy (non-hydrogen) atoms. The highest BCUT2D eigenvalue weighted by Crippen LogP contribution is 2.28. The van der Waals surface area contributed by atoms with E-state index in [9.17, 15) is 9.59 Å². The van der Waals surface area contributed by atoms with Crippen LogP contribution in [0.3, 0.4) is 0 Å². The molecular weight excluding hydrogens is 302 g/mol. The van der Waals surface area contributed by atoms with Gasteiger partial charge in [-0.1, -0.05) is 12.1 Å². The van der Waals surface area contributed by atoms with E-state index in [1.54, 1.807) is 0 Å². The van der Waals surface area contributed by atoms with Crippen LogP contribution in [-0.4, -0.2) is 28.9 Å². The molecule has 0 radical (unpaired) electrons. The predicted molar refractivity (Wildman–Crippen MR) is 96.9 cm³/mol. The minimum absolute atomic E-state index is 0.0136. The van der Waals surface area contributed by atoms with Gasteiger partial charge in [0.2, 0.25) is 11.8 Å². The molecule has 2 amide bonds. The lowest BCUT2D eigenvalue weighted by Crippen LogP contribution is -2.62. The van der Waals surface area contributed by atoms with Crippen molar-refractivity contribution >= 4 is 17.5 Å². The first-order valence-electron chi connectivity index (χ1n) is 8.50. The van der Waals surface area contributed by atoms with Crippen LogP contribution in [0.2, 0.25) is 0 Å². The number of hydrogen-bond donors (Lipinski definition) is 3. The van der Waals surface area contributed by atoms with Gasteiger partial charge >= 0.3 is 0 Å². The first-order valence-corrected chi connectivity index (χ1v) is 8.50. The normalized spacial score (nSPS) is 19.5. The van der Waals surface area contributed by atoms with Gasteiger partial charge in [-0.15, -0.1) is 0 Å². The summed E-state index contributed by atoms with van der Waals surface area (Å²) in [4.78, 5) is 23.4. The Balaban J connectivity index is 1.92. The van der Waals surface area contributed by atoms with Crippen molar-refractivity contribution in [3.8, 4) is 0 Å². The second kappa shape index (κ2) is 6.93. The third-order valence-corrected chi connectivity index (χ3v) is 4.19. The van der Waals surface area contributed by atoms with Gasteiger partial charge in [0.25, 0.3) is 0 Å². The van der Waals surface area contributed by atoms with Crippen molar-refractivity contribution in [2.24, 2.45) is 0 Å². The molecule has 0 bridgehead atoms. The molecule has 0 atom stereocenters. The smallest absolute Gasteiger partial charge is 0.224 e. The zero-order valence-corrected chi connectivity index (χ0v) is 15.3. The summed E-state index contributed by atoms with van der Waals surface area (Å²) < 4.78 is 0. The summed E-state index contributed by atoms with van der Waals surface area (Å²) in [7, 11) is 0. The van der Waals surface area contributed by atoms with Crippen molar-refractivity contribution < 1.29 is 9.59 Å². The Morgan fingerprint density at radius 3 is 2.12 bits per heavy atom. The summed E-state index contributed by atoms with van der Waals surface area (Å²) in [6.07, 6.45) is 2.19. The third-order valence-electron chi connectivity index (χ3n) is 4.19. The molecule has 0 aliphatic carbocycles. The molecule has 0 saturated carbocycles. The number of carbonyl (C=O) groups excluding carboxylic acids is 2. The molecule has 0 aromatic heterocycles. The quantitative estimate of drug-likeness (QED) is 0.794. The molecular formula is C19H29N3O2. The molecule has 1 aliphatic rings. The fraction of sp³-hybridized carbons (Fsp3) is 0.579. The lowest BCUT2D eigenvalue weighted by Gasteiger charge is -2.46. The van der Waals surface area contributed by atoms with E-state index in [0.717, 1.165) is 24.1 Å². The van der Waals surface area contributed by atoms with Gasteiger partial charge in [0.15, 0.2) is 0 Å².